The van der Waals surface area contributed by atoms with Crippen LogP contribution in [0.5, 0.6) is 0 Å². The molecule has 0 aliphatic heterocycles. The van der Waals surface area contributed by atoms with Crippen LogP contribution in [0.3, 0.4) is 0 Å². The van der Waals surface area contributed by atoms with Crippen molar-refractivity contribution < 1.29 is 19.1 Å². The predicted molar refractivity (Wildman–Crippen MR) is 87.3 cm³/mol. The first-order chi connectivity index (χ1) is 11.3. The summed E-state index contributed by atoms with van der Waals surface area (Å²) in [4.78, 5) is 27.6. The molecule has 0 spiro atoms. The molecule has 0 aliphatic rings. The molecule has 7 nitrogen and oxygen atoms in total. The van der Waals surface area contributed by atoms with Gasteiger partial charge in [-0.3, -0.25) is 0 Å². The summed E-state index contributed by atoms with van der Waals surface area (Å²) in [5, 5.41) is 2.58. The number of alkyl carbamates (subject to hydrolysis) is 1. The number of aromatic nitrogens is 2. The zero-order valence-electron chi connectivity index (χ0n) is 14.0. The third-order valence-corrected chi connectivity index (χ3v) is 2.87. The lowest BCUT2D eigenvalue weighted by Crippen LogP contribution is -2.26. The van der Waals surface area contributed by atoms with Crippen molar-refractivity contribution in [1.82, 2.24) is 14.9 Å². The van der Waals surface area contributed by atoms with Crippen LogP contribution in [0.1, 0.15) is 32.0 Å². The number of hydrogen-bond acceptors (Lipinski definition) is 5. The smallest absolute Gasteiger partial charge is 0.419 e. The molecule has 2 rings (SSSR count). The van der Waals surface area contributed by atoms with Gasteiger partial charge in [0.1, 0.15) is 18.5 Å². The van der Waals surface area contributed by atoms with Crippen molar-refractivity contribution >= 4 is 12.2 Å². The first-order valence-corrected chi connectivity index (χ1v) is 7.54. The van der Waals surface area contributed by atoms with E-state index in [2.05, 4.69) is 10.3 Å². The Morgan fingerprint density at radius 1 is 1.21 bits per heavy atom. The second-order valence-corrected chi connectivity index (χ2v) is 6.17. The predicted octanol–water partition coefficient (Wildman–Crippen LogP) is 3.09. The van der Waals surface area contributed by atoms with Crippen molar-refractivity contribution in [3.8, 4) is 0 Å². The van der Waals surface area contributed by atoms with Crippen molar-refractivity contribution in [2.24, 2.45) is 0 Å². The molecule has 0 fully saturated rings. The van der Waals surface area contributed by atoms with Crippen molar-refractivity contribution in [3.63, 3.8) is 0 Å². The Bertz CT molecular complexity index is 689. The van der Waals surface area contributed by atoms with Gasteiger partial charge in [-0.25, -0.2) is 19.1 Å². The molecule has 1 N–H and O–H groups in total. The van der Waals surface area contributed by atoms with Crippen LogP contribution < -0.4 is 5.32 Å². The van der Waals surface area contributed by atoms with Gasteiger partial charge in [0.2, 0.25) is 0 Å². The van der Waals surface area contributed by atoms with Crippen LogP contribution >= 0.6 is 0 Å². The van der Waals surface area contributed by atoms with Gasteiger partial charge in [0, 0.05) is 6.20 Å². The van der Waals surface area contributed by atoms with Crippen LogP contribution in [0.25, 0.3) is 0 Å². The Kier molecular flexibility index (Phi) is 5.57. The molecule has 2 aromatic rings. The molecule has 128 valence electrons. The second kappa shape index (κ2) is 7.63. The van der Waals surface area contributed by atoms with E-state index in [1.54, 1.807) is 20.8 Å². The fourth-order valence-electron chi connectivity index (χ4n) is 1.81. The van der Waals surface area contributed by atoms with Crippen LogP contribution in [0.4, 0.5) is 9.59 Å². The summed E-state index contributed by atoms with van der Waals surface area (Å²) in [6, 6.07) is 9.38. The SMILES string of the molecule is CC(C)(C)OC(=O)n1cnc(CNC(=O)OCc2ccccc2)c1. The standard InChI is InChI=1S/C17H21N3O4/c1-17(2,3)24-16(22)20-10-14(19-12-20)9-18-15(21)23-11-13-7-5-4-6-8-13/h4-8,10,12H,9,11H2,1-3H3,(H,18,21). The van der Waals surface area contributed by atoms with Gasteiger partial charge in [0.15, 0.2) is 0 Å². The highest BCUT2D eigenvalue weighted by Gasteiger charge is 2.18. The number of imidazole rings is 1. The number of hydrogen-bond donors (Lipinski definition) is 1. The highest BCUT2D eigenvalue weighted by Crippen LogP contribution is 2.09. The molecule has 0 saturated heterocycles. The van der Waals surface area contributed by atoms with Crippen LogP contribution in [0, 0.1) is 0 Å². The van der Waals surface area contributed by atoms with E-state index in [1.807, 2.05) is 30.3 Å². The number of nitrogens with zero attached hydrogens (tertiary/aromatic N) is 2. The van der Waals surface area contributed by atoms with Gasteiger partial charge in [-0.1, -0.05) is 30.3 Å². The summed E-state index contributed by atoms with van der Waals surface area (Å²) >= 11 is 0. The van der Waals surface area contributed by atoms with Crippen molar-refractivity contribution in [2.75, 3.05) is 0 Å². The zero-order valence-corrected chi connectivity index (χ0v) is 14.0. The van der Waals surface area contributed by atoms with Crippen molar-refractivity contribution in [1.29, 1.82) is 0 Å². The topological polar surface area (TPSA) is 82.5 Å². The van der Waals surface area contributed by atoms with E-state index < -0.39 is 17.8 Å². The largest absolute Gasteiger partial charge is 0.445 e. The highest BCUT2D eigenvalue weighted by molar-refractivity contribution is 5.71. The zero-order chi connectivity index (χ0) is 17.6. The van der Waals surface area contributed by atoms with E-state index in [9.17, 15) is 9.59 Å². The summed E-state index contributed by atoms with van der Waals surface area (Å²) in [5.74, 6) is 0. The Morgan fingerprint density at radius 2 is 1.92 bits per heavy atom. The number of rotatable bonds is 4. The molecular weight excluding hydrogens is 310 g/mol. The van der Waals surface area contributed by atoms with Gasteiger partial charge in [-0.15, -0.1) is 0 Å². The lowest BCUT2D eigenvalue weighted by atomic mass is 10.2. The molecule has 1 heterocycles. The minimum absolute atomic E-state index is 0.156. The monoisotopic (exact) mass is 331 g/mol. The normalized spacial score (nSPS) is 11.0. The maximum atomic E-state index is 11.9. The molecule has 1 amide bonds. The molecule has 0 bridgehead atoms. The Morgan fingerprint density at radius 3 is 2.58 bits per heavy atom. The van der Waals surface area contributed by atoms with E-state index in [4.69, 9.17) is 9.47 Å². The van der Waals surface area contributed by atoms with Gasteiger partial charge >= 0.3 is 12.2 Å². The fraction of sp³-hybridized carbons (Fsp3) is 0.353. The fourth-order valence-corrected chi connectivity index (χ4v) is 1.81. The molecule has 1 aromatic carbocycles. The summed E-state index contributed by atoms with van der Waals surface area (Å²) in [7, 11) is 0. The Labute approximate surface area is 140 Å². The molecule has 0 atom stereocenters. The molecule has 7 heteroatoms. The molecule has 0 unspecified atom stereocenters. The molecule has 0 aliphatic carbocycles. The van der Waals surface area contributed by atoms with Gasteiger partial charge in [0.25, 0.3) is 0 Å². The molecular formula is C17H21N3O4. The van der Waals surface area contributed by atoms with Gasteiger partial charge in [-0.05, 0) is 26.3 Å². The summed E-state index contributed by atoms with van der Waals surface area (Å²) < 4.78 is 11.5. The summed E-state index contributed by atoms with van der Waals surface area (Å²) in [6.45, 7) is 5.70. The number of carbonyl (C=O) groups excluding carboxylic acids is 2. The Balaban J connectivity index is 1.78. The van der Waals surface area contributed by atoms with E-state index in [1.165, 1.54) is 17.1 Å². The van der Waals surface area contributed by atoms with Crippen LogP contribution in [0.2, 0.25) is 0 Å². The number of benzene rings is 1. The average molecular weight is 331 g/mol. The minimum atomic E-state index is -0.582. The second-order valence-electron chi connectivity index (χ2n) is 6.17. The van der Waals surface area contributed by atoms with Crippen molar-refractivity contribution in [2.45, 2.75) is 39.5 Å². The Hall–Kier alpha value is -2.83. The maximum Gasteiger partial charge on any atom is 0.419 e. The van der Waals surface area contributed by atoms with Gasteiger partial charge in [0.05, 0.1) is 12.2 Å². The van der Waals surface area contributed by atoms with Crippen LogP contribution in [0.15, 0.2) is 42.9 Å². The third kappa shape index (κ3) is 5.75. The number of carbonyl (C=O) groups is 2. The van der Waals surface area contributed by atoms with E-state index in [0.29, 0.717) is 5.69 Å². The van der Waals surface area contributed by atoms with Crippen molar-refractivity contribution in [3.05, 3.63) is 54.1 Å². The maximum absolute atomic E-state index is 11.9. The quantitative estimate of drug-likeness (QED) is 0.931. The highest BCUT2D eigenvalue weighted by atomic mass is 16.6. The minimum Gasteiger partial charge on any atom is -0.445 e. The lowest BCUT2D eigenvalue weighted by Gasteiger charge is -2.19. The lowest BCUT2D eigenvalue weighted by molar-refractivity contribution is 0.0536. The average Bonchev–Trinajstić information content (AvgIpc) is 2.99. The van der Waals surface area contributed by atoms with Gasteiger partial charge in [-0.2, -0.15) is 0 Å². The summed E-state index contributed by atoms with van der Waals surface area (Å²) in [5.41, 5.74) is 0.848. The summed E-state index contributed by atoms with van der Waals surface area (Å²) in [6.07, 6.45) is 1.78. The molecule has 1 aromatic heterocycles. The molecule has 0 radical (unpaired) electrons. The van der Waals surface area contributed by atoms with Crippen LogP contribution in [-0.4, -0.2) is 27.3 Å². The number of nitrogens with one attached hydrogen (secondary N) is 1. The number of amides is 1. The van der Waals surface area contributed by atoms with Gasteiger partial charge < -0.3 is 14.8 Å². The van der Waals surface area contributed by atoms with Crippen LogP contribution in [-0.2, 0) is 22.6 Å². The first kappa shape index (κ1) is 17.5. The van der Waals surface area contributed by atoms with E-state index in [0.717, 1.165) is 5.56 Å². The van der Waals surface area contributed by atoms with E-state index in [-0.39, 0.29) is 13.2 Å². The molecule has 24 heavy (non-hydrogen) atoms. The first-order valence-electron chi connectivity index (χ1n) is 7.54. The molecule has 0 saturated carbocycles. The van der Waals surface area contributed by atoms with E-state index >= 15 is 0 Å². The third-order valence-electron chi connectivity index (χ3n) is 2.87. The number of ether oxygens (including phenoxy) is 2.